The largest absolute Gasteiger partial charge is 0.508 e. The Labute approximate surface area is 215 Å². The number of benzene rings is 2. The lowest BCUT2D eigenvalue weighted by Gasteiger charge is -2.18. The Morgan fingerprint density at radius 2 is 2.06 bits per heavy atom. The van der Waals surface area contributed by atoms with Crippen molar-refractivity contribution in [3.05, 3.63) is 72.1 Å². The van der Waals surface area contributed by atoms with Gasteiger partial charge in [0.1, 0.15) is 11.6 Å². The molecule has 186 valence electrons. The average Bonchev–Trinajstić information content (AvgIpc) is 3.51. The zero-order chi connectivity index (χ0) is 25.2. The lowest BCUT2D eigenvalue weighted by Crippen LogP contribution is -2.24. The molecule has 0 unspecified atom stereocenters. The van der Waals surface area contributed by atoms with Crippen LogP contribution in [0.3, 0.4) is 0 Å². The first-order chi connectivity index (χ1) is 17.5. The molecule has 0 spiro atoms. The summed E-state index contributed by atoms with van der Waals surface area (Å²) < 4.78 is 1.90. The van der Waals surface area contributed by atoms with Gasteiger partial charge >= 0.3 is 0 Å². The van der Waals surface area contributed by atoms with Gasteiger partial charge in [-0.2, -0.15) is 5.10 Å². The number of anilines is 1. The highest BCUT2D eigenvalue weighted by Gasteiger charge is 2.24. The minimum Gasteiger partial charge on any atom is -0.508 e. The summed E-state index contributed by atoms with van der Waals surface area (Å²) in [6, 6.07) is 16.2. The van der Waals surface area contributed by atoms with E-state index in [4.69, 9.17) is 21.6 Å². The molecule has 1 fully saturated rings. The molecule has 2 aromatic heterocycles. The van der Waals surface area contributed by atoms with Crippen LogP contribution >= 0.6 is 11.8 Å². The Morgan fingerprint density at radius 1 is 1.22 bits per heavy atom. The van der Waals surface area contributed by atoms with Crippen molar-refractivity contribution in [2.45, 2.75) is 49.6 Å². The molecule has 7 nitrogen and oxygen atoms in total. The smallest absolute Gasteiger partial charge is 0.135 e. The van der Waals surface area contributed by atoms with Crippen molar-refractivity contribution in [2.24, 2.45) is 16.5 Å². The second-order valence-corrected chi connectivity index (χ2v) is 10.1. The van der Waals surface area contributed by atoms with Crippen LogP contribution in [0.25, 0.3) is 16.6 Å². The standard InChI is InChI=1S/C28H32N6OS/c1-3-17-12-21(35)10-11-24(17)33-28(30)23-15-31-34-16-18(22-6-4-5-7-26(22)36-2)13-25(34)27(23)32-20-9-8-19(29)14-20/h4-7,10-13,15-16,19-20,32,35H,3,8-9,14,29H2,1-2H3,(H2,30,33)/t19-,20+/m0/s1. The fourth-order valence-electron chi connectivity index (χ4n) is 4.94. The van der Waals surface area contributed by atoms with Gasteiger partial charge in [0.05, 0.1) is 28.7 Å². The van der Waals surface area contributed by atoms with Crippen LogP contribution in [0, 0.1) is 0 Å². The van der Waals surface area contributed by atoms with Gasteiger partial charge in [0.15, 0.2) is 0 Å². The number of hydrogen-bond acceptors (Lipinski definition) is 6. The number of rotatable bonds is 7. The van der Waals surface area contributed by atoms with Crippen molar-refractivity contribution >= 4 is 34.5 Å². The number of aliphatic imine (C=N–C) groups is 1. The fraction of sp³-hybridized carbons (Fsp3) is 0.286. The van der Waals surface area contributed by atoms with E-state index in [1.54, 1.807) is 36.2 Å². The van der Waals surface area contributed by atoms with Gasteiger partial charge in [-0.3, -0.25) is 0 Å². The monoisotopic (exact) mass is 500 g/mol. The topological polar surface area (TPSA) is 114 Å². The summed E-state index contributed by atoms with van der Waals surface area (Å²) in [5.74, 6) is 0.598. The van der Waals surface area contributed by atoms with Crippen LogP contribution < -0.4 is 16.8 Å². The van der Waals surface area contributed by atoms with Crippen molar-refractivity contribution in [1.82, 2.24) is 9.61 Å². The number of thioether (sulfide) groups is 1. The zero-order valence-corrected chi connectivity index (χ0v) is 21.4. The van der Waals surface area contributed by atoms with Gasteiger partial charge in [-0.25, -0.2) is 9.51 Å². The third-order valence-corrected chi connectivity index (χ3v) is 7.63. The van der Waals surface area contributed by atoms with E-state index in [9.17, 15) is 5.11 Å². The number of phenolic OH excluding ortho intramolecular Hbond substituents is 1. The number of aryl methyl sites for hydroxylation is 1. The number of nitrogens with two attached hydrogens (primary N) is 2. The highest BCUT2D eigenvalue weighted by Crippen LogP contribution is 2.35. The number of amidine groups is 1. The second kappa shape index (κ2) is 10.2. The molecule has 4 aromatic rings. The van der Waals surface area contributed by atoms with E-state index in [2.05, 4.69) is 48.1 Å². The van der Waals surface area contributed by atoms with Gasteiger partial charge in [-0.15, -0.1) is 11.8 Å². The molecule has 0 aliphatic heterocycles. The van der Waals surface area contributed by atoms with Gasteiger partial charge in [0.25, 0.3) is 0 Å². The fourth-order valence-corrected chi connectivity index (χ4v) is 5.56. The molecule has 0 saturated heterocycles. The molecule has 36 heavy (non-hydrogen) atoms. The molecular weight excluding hydrogens is 468 g/mol. The molecule has 1 aliphatic rings. The van der Waals surface area contributed by atoms with Gasteiger partial charge in [-0.1, -0.05) is 25.1 Å². The van der Waals surface area contributed by atoms with Crippen molar-refractivity contribution < 1.29 is 5.11 Å². The van der Waals surface area contributed by atoms with Crippen molar-refractivity contribution in [3.8, 4) is 16.9 Å². The maximum atomic E-state index is 9.88. The van der Waals surface area contributed by atoms with E-state index in [0.29, 0.717) is 5.84 Å². The third kappa shape index (κ3) is 4.79. The predicted octanol–water partition coefficient (Wildman–Crippen LogP) is 5.32. The summed E-state index contributed by atoms with van der Waals surface area (Å²) >= 11 is 1.73. The molecule has 2 heterocycles. The molecule has 1 saturated carbocycles. The van der Waals surface area contributed by atoms with Gasteiger partial charge < -0.3 is 21.9 Å². The quantitative estimate of drug-likeness (QED) is 0.155. The number of aromatic nitrogens is 2. The first-order valence-electron chi connectivity index (χ1n) is 12.3. The highest BCUT2D eigenvalue weighted by molar-refractivity contribution is 7.98. The van der Waals surface area contributed by atoms with Crippen molar-refractivity contribution in [3.63, 3.8) is 0 Å². The molecule has 0 amide bonds. The number of nitrogens with one attached hydrogen (secondary N) is 1. The molecule has 0 bridgehead atoms. The van der Waals surface area contributed by atoms with Crippen LogP contribution in [0.1, 0.15) is 37.3 Å². The predicted molar refractivity (Wildman–Crippen MR) is 150 cm³/mol. The van der Waals surface area contributed by atoms with Gasteiger partial charge in [0.2, 0.25) is 0 Å². The molecule has 1 aliphatic carbocycles. The molecule has 6 N–H and O–H groups in total. The van der Waals surface area contributed by atoms with Crippen molar-refractivity contribution in [1.29, 1.82) is 0 Å². The maximum Gasteiger partial charge on any atom is 0.135 e. The molecule has 5 rings (SSSR count). The first-order valence-corrected chi connectivity index (χ1v) is 13.5. The summed E-state index contributed by atoms with van der Waals surface area (Å²) in [5.41, 5.74) is 19.4. The van der Waals surface area contributed by atoms with Crippen LogP contribution in [-0.2, 0) is 6.42 Å². The lowest BCUT2D eigenvalue weighted by atomic mass is 10.1. The zero-order valence-electron chi connectivity index (χ0n) is 20.6. The van der Waals surface area contributed by atoms with Crippen LogP contribution in [0.5, 0.6) is 5.75 Å². The van der Waals surface area contributed by atoms with Crippen LogP contribution in [0.4, 0.5) is 11.4 Å². The Morgan fingerprint density at radius 3 is 2.81 bits per heavy atom. The van der Waals surface area contributed by atoms with Gasteiger partial charge in [0, 0.05) is 28.7 Å². The molecule has 2 aromatic carbocycles. The van der Waals surface area contributed by atoms with Crippen LogP contribution in [-0.4, -0.2) is 38.9 Å². The number of fused-ring (bicyclic) bond motifs is 1. The summed E-state index contributed by atoms with van der Waals surface area (Å²) in [5, 5.41) is 18.3. The molecular formula is C28H32N6OS. The van der Waals surface area contributed by atoms with E-state index in [1.807, 2.05) is 11.4 Å². The average molecular weight is 501 g/mol. The Kier molecular flexibility index (Phi) is 6.89. The Balaban J connectivity index is 1.64. The normalized spacial score (nSPS) is 18.1. The SMILES string of the molecule is CCc1cc(O)ccc1N=C(N)c1cnn2cc(-c3ccccc3SC)cc2c1N[C@@H]1CC[C@H](N)C1. The first kappa shape index (κ1) is 24.2. The summed E-state index contributed by atoms with van der Waals surface area (Å²) in [6.07, 6.45) is 9.57. The minimum absolute atomic E-state index is 0.203. The number of phenols is 1. The minimum atomic E-state index is 0.203. The Bertz CT molecular complexity index is 1430. The second-order valence-electron chi connectivity index (χ2n) is 9.27. The third-order valence-electron chi connectivity index (χ3n) is 6.84. The molecule has 0 radical (unpaired) electrons. The number of hydrogen-bond donors (Lipinski definition) is 4. The van der Waals surface area contributed by atoms with Crippen molar-refractivity contribution in [2.75, 3.05) is 11.6 Å². The molecule has 8 heteroatoms. The maximum absolute atomic E-state index is 9.88. The Hall–Kier alpha value is -3.49. The van der Waals surface area contributed by atoms with E-state index in [0.717, 1.165) is 59.3 Å². The lowest BCUT2D eigenvalue weighted by molar-refractivity contribution is 0.474. The molecule has 2 atom stereocenters. The highest BCUT2D eigenvalue weighted by atomic mass is 32.2. The van der Waals surface area contributed by atoms with Crippen LogP contribution in [0.15, 0.2) is 70.8 Å². The van der Waals surface area contributed by atoms with Crippen LogP contribution in [0.2, 0.25) is 0 Å². The van der Waals surface area contributed by atoms with E-state index >= 15 is 0 Å². The van der Waals surface area contributed by atoms with Gasteiger partial charge in [-0.05, 0) is 73.4 Å². The summed E-state index contributed by atoms with van der Waals surface area (Å²) in [4.78, 5) is 5.97. The van der Waals surface area contributed by atoms with E-state index in [1.165, 1.54) is 10.5 Å². The number of aromatic hydroxyl groups is 1. The summed E-state index contributed by atoms with van der Waals surface area (Å²) in [7, 11) is 0. The van der Waals surface area contributed by atoms with E-state index in [-0.39, 0.29) is 17.8 Å². The summed E-state index contributed by atoms with van der Waals surface area (Å²) in [6.45, 7) is 2.03. The number of nitrogens with zero attached hydrogens (tertiary/aromatic N) is 3. The van der Waals surface area contributed by atoms with E-state index < -0.39 is 0 Å².